The smallest absolute Gasteiger partial charge is 0.311 e. The summed E-state index contributed by atoms with van der Waals surface area (Å²) < 4.78 is 10.7. The van der Waals surface area contributed by atoms with Gasteiger partial charge in [-0.15, -0.1) is 11.3 Å². The lowest BCUT2D eigenvalue weighted by molar-refractivity contribution is -0.146. The molecule has 2 rings (SSSR count). The van der Waals surface area contributed by atoms with Gasteiger partial charge in [-0.25, -0.2) is 0 Å². The van der Waals surface area contributed by atoms with Gasteiger partial charge in [0.1, 0.15) is 0 Å². The molecule has 3 nitrogen and oxygen atoms in total. The number of fused-ring (bicyclic) bond motifs is 1. The number of ether oxygens (including phenoxy) is 2. The van der Waals surface area contributed by atoms with E-state index in [1.807, 2.05) is 13.8 Å². The molecule has 0 fully saturated rings. The summed E-state index contributed by atoms with van der Waals surface area (Å²) in [6.07, 6.45) is 3.90. The van der Waals surface area contributed by atoms with Gasteiger partial charge in [-0.05, 0) is 44.7 Å². The second-order valence-electron chi connectivity index (χ2n) is 4.92. The molecule has 0 N–H and O–H groups in total. The summed E-state index contributed by atoms with van der Waals surface area (Å²) in [7, 11) is 1.75. The SMILES string of the molecule is COC1CCCc2sc(CC(=O)OC(C)C)cc21. The van der Waals surface area contributed by atoms with Crippen LogP contribution < -0.4 is 0 Å². The molecule has 0 aliphatic heterocycles. The fourth-order valence-corrected chi connectivity index (χ4v) is 3.60. The van der Waals surface area contributed by atoms with Crippen molar-refractivity contribution in [1.82, 2.24) is 0 Å². The van der Waals surface area contributed by atoms with Crippen molar-refractivity contribution in [2.24, 2.45) is 0 Å². The predicted octanol–water partition coefficient (Wildman–Crippen LogP) is 3.27. The summed E-state index contributed by atoms with van der Waals surface area (Å²) in [4.78, 5) is 14.1. The highest BCUT2D eigenvalue weighted by Crippen LogP contribution is 2.37. The van der Waals surface area contributed by atoms with Gasteiger partial charge >= 0.3 is 5.97 Å². The van der Waals surface area contributed by atoms with Crippen LogP contribution in [0.2, 0.25) is 0 Å². The minimum absolute atomic E-state index is 0.0428. The molecule has 1 unspecified atom stereocenters. The molecule has 18 heavy (non-hydrogen) atoms. The molecule has 1 aliphatic carbocycles. The highest BCUT2D eigenvalue weighted by atomic mass is 32.1. The molecule has 100 valence electrons. The van der Waals surface area contributed by atoms with Gasteiger partial charge < -0.3 is 9.47 Å². The first-order valence-corrected chi connectivity index (χ1v) is 7.25. The van der Waals surface area contributed by atoms with Crippen molar-refractivity contribution in [2.45, 2.75) is 51.7 Å². The fourth-order valence-electron chi connectivity index (χ4n) is 2.35. The Balaban J connectivity index is 2.07. The van der Waals surface area contributed by atoms with E-state index in [-0.39, 0.29) is 18.2 Å². The van der Waals surface area contributed by atoms with Crippen LogP contribution in [0, 0.1) is 0 Å². The van der Waals surface area contributed by atoms with Crippen LogP contribution in [0.5, 0.6) is 0 Å². The molecule has 0 radical (unpaired) electrons. The Bertz CT molecular complexity index is 423. The van der Waals surface area contributed by atoms with Crippen molar-refractivity contribution in [3.63, 3.8) is 0 Å². The summed E-state index contributed by atoms with van der Waals surface area (Å²) >= 11 is 1.73. The zero-order valence-corrected chi connectivity index (χ0v) is 12.0. The van der Waals surface area contributed by atoms with Crippen molar-refractivity contribution in [1.29, 1.82) is 0 Å². The molecule has 0 amide bonds. The molecular weight excluding hydrogens is 248 g/mol. The number of esters is 1. The maximum atomic E-state index is 11.6. The molecule has 1 atom stereocenters. The Kier molecular flexibility index (Phi) is 4.40. The van der Waals surface area contributed by atoms with Crippen molar-refractivity contribution in [2.75, 3.05) is 7.11 Å². The molecule has 0 bridgehead atoms. The fraction of sp³-hybridized carbons (Fsp3) is 0.643. The Morgan fingerprint density at radius 3 is 3.00 bits per heavy atom. The van der Waals surface area contributed by atoms with E-state index in [2.05, 4.69) is 6.07 Å². The Morgan fingerprint density at radius 2 is 2.33 bits per heavy atom. The van der Waals surface area contributed by atoms with Gasteiger partial charge in [0.15, 0.2) is 0 Å². The van der Waals surface area contributed by atoms with Gasteiger partial charge in [-0.1, -0.05) is 0 Å². The number of hydrogen-bond donors (Lipinski definition) is 0. The standard InChI is InChI=1S/C14H20O3S/c1-9(2)17-14(15)8-10-7-11-12(16-3)5-4-6-13(11)18-10/h7,9,12H,4-6,8H2,1-3H3. The maximum Gasteiger partial charge on any atom is 0.311 e. The summed E-state index contributed by atoms with van der Waals surface area (Å²) in [5.41, 5.74) is 1.28. The summed E-state index contributed by atoms with van der Waals surface area (Å²) in [6.45, 7) is 3.75. The summed E-state index contributed by atoms with van der Waals surface area (Å²) in [5.74, 6) is -0.141. The van der Waals surface area contributed by atoms with E-state index in [1.54, 1.807) is 18.4 Å². The first-order chi connectivity index (χ1) is 8.60. The van der Waals surface area contributed by atoms with Gasteiger partial charge in [-0.3, -0.25) is 4.79 Å². The van der Waals surface area contributed by atoms with Gasteiger partial charge in [0, 0.05) is 16.9 Å². The zero-order valence-electron chi connectivity index (χ0n) is 11.2. The Labute approximate surface area is 112 Å². The van der Waals surface area contributed by atoms with E-state index in [0.29, 0.717) is 6.42 Å². The topological polar surface area (TPSA) is 35.5 Å². The van der Waals surface area contributed by atoms with Gasteiger partial charge in [0.25, 0.3) is 0 Å². The third kappa shape index (κ3) is 3.12. The lowest BCUT2D eigenvalue weighted by Crippen LogP contribution is -2.13. The highest BCUT2D eigenvalue weighted by Gasteiger charge is 2.23. The van der Waals surface area contributed by atoms with Gasteiger partial charge in [-0.2, -0.15) is 0 Å². The number of aryl methyl sites for hydroxylation is 1. The third-order valence-corrected chi connectivity index (χ3v) is 4.29. The summed E-state index contributed by atoms with van der Waals surface area (Å²) in [6, 6.07) is 2.12. The lowest BCUT2D eigenvalue weighted by Gasteiger charge is -2.20. The summed E-state index contributed by atoms with van der Waals surface area (Å²) in [5, 5.41) is 0. The average Bonchev–Trinajstić information content (AvgIpc) is 2.69. The van der Waals surface area contributed by atoms with Crippen LogP contribution in [0.3, 0.4) is 0 Å². The number of thiophene rings is 1. The minimum atomic E-state index is -0.141. The number of methoxy groups -OCH3 is 1. The first kappa shape index (κ1) is 13.6. The lowest BCUT2D eigenvalue weighted by atomic mass is 9.96. The quantitative estimate of drug-likeness (QED) is 0.786. The van der Waals surface area contributed by atoms with Gasteiger partial charge in [0.05, 0.1) is 18.6 Å². The van der Waals surface area contributed by atoms with Crippen LogP contribution in [0.25, 0.3) is 0 Å². The monoisotopic (exact) mass is 268 g/mol. The van der Waals surface area contributed by atoms with E-state index in [4.69, 9.17) is 9.47 Å². The van der Waals surface area contributed by atoms with Crippen LogP contribution in [0.4, 0.5) is 0 Å². The molecule has 0 saturated heterocycles. The van der Waals surface area contributed by atoms with Crippen molar-refractivity contribution in [3.05, 3.63) is 21.4 Å². The Morgan fingerprint density at radius 1 is 1.56 bits per heavy atom. The number of carbonyl (C=O) groups excluding carboxylic acids is 1. The average molecular weight is 268 g/mol. The molecule has 1 heterocycles. The number of rotatable bonds is 4. The minimum Gasteiger partial charge on any atom is -0.463 e. The van der Waals surface area contributed by atoms with E-state index in [9.17, 15) is 4.79 Å². The van der Waals surface area contributed by atoms with E-state index in [1.165, 1.54) is 16.9 Å². The van der Waals surface area contributed by atoms with Crippen LogP contribution in [-0.2, 0) is 27.1 Å². The van der Waals surface area contributed by atoms with E-state index >= 15 is 0 Å². The first-order valence-electron chi connectivity index (χ1n) is 6.44. The number of hydrogen-bond acceptors (Lipinski definition) is 4. The third-order valence-electron chi connectivity index (χ3n) is 3.08. The number of carbonyl (C=O) groups is 1. The van der Waals surface area contributed by atoms with Crippen molar-refractivity contribution < 1.29 is 14.3 Å². The van der Waals surface area contributed by atoms with E-state index in [0.717, 1.165) is 17.7 Å². The molecule has 1 aliphatic rings. The molecule has 0 spiro atoms. The Hall–Kier alpha value is -0.870. The molecule has 0 saturated carbocycles. The molecule has 4 heteroatoms. The van der Waals surface area contributed by atoms with Crippen LogP contribution >= 0.6 is 11.3 Å². The maximum absolute atomic E-state index is 11.6. The second-order valence-corrected chi connectivity index (χ2v) is 6.14. The van der Waals surface area contributed by atoms with Crippen LogP contribution in [0.1, 0.15) is 48.1 Å². The van der Waals surface area contributed by atoms with Gasteiger partial charge in [0.2, 0.25) is 0 Å². The van der Waals surface area contributed by atoms with Crippen molar-refractivity contribution in [3.8, 4) is 0 Å². The molecule has 1 aromatic rings. The van der Waals surface area contributed by atoms with Crippen LogP contribution in [0.15, 0.2) is 6.07 Å². The molecule has 1 aromatic heterocycles. The zero-order chi connectivity index (χ0) is 13.1. The highest BCUT2D eigenvalue weighted by molar-refractivity contribution is 7.12. The van der Waals surface area contributed by atoms with Crippen molar-refractivity contribution >= 4 is 17.3 Å². The van der Waals surface area contributed by atoms with E-state index < -0.39 is 0 Å². The molecular formula is C14H20O3S. The largest absolute Gasteiger partial charge is 0.463 e. The predicted molar refractivity (Wildman–Crippen MR) is 71.9 cm³/mol. The van der Waals surface area contributed by atoms with Crippen LogP contribution in [-0.4, -0.2) is 19.2 Å². The second kappa shape index (κ2) is 5.85. The normalized spacial score (nSPS) is 18.8. The molecule has 0 aromatic carbocycles.